The second-order valence-corrected chi connectivity index (χ2v) is 6.16. The van der Waals surface area contributed by atoms with Gasteiger partial charge in [-0.2, -0.15) is 0 Å². The molecule has 2 aromatic rings. The van der Waals surface area contributed by atoms with Crippen molar-refractivity contribution in [2.24, 2.45) is 5.73 Å². The van der Waals surface area contributed by atoms with Crippen molar-refractivity contribution in [3.8, 4) is 0 Å². The van der Waals surface area contributed by atoms with E-state index >= 15 is 0 Å². The maximum absolute atomic E-state index is 13.7. The van der Waals surface area contributed by atoms with Crippen LogP contribution in [0.2, 0.25) is 10.0 Å². The number of rotatable bonds is 4. The summed E-state index contributed by atoms with van der Waals surface area (Å²) in [6.45, 7) is 1.90. The van der Waals surface area contributed by atoms with Crippen molar-refractivity contribution >= 4 is 23.2 Å². The summed E-state index contributed by atoms with van der Waals surface area (Å²) in [5.74, 6) is -0.224. The first kappa shape index (κ1) is 15.3. The lowest BCUT2D eigenvalue weighted by molar-refractivity contribution is 0.451. The quantitative estimate of drug-likeness (QED) is 0.875. The largest absolute Gasteiger partial charge is 0.325 e. The number of nitrogens with two attached hydrogens (primary N) is 1. The molecule has 1 nitrogen and oxygen atoms in total. The molecule has 0 aromatic heterocycles. The Labute approximate surface area is 128 Å². The molecular formula is C16H16Cl2FN. The SMILES string of the molecule is CC(N)(Cc1ccc(Cl)c(Cl)c1)Cc1ccccc1F. The topological polar surface area (TPSA) is 26.0 Å². The third-order valence-corrected chi connectivity index (χ3v) is 3.88. The molecule has 0 fully saturated rings. The zero-order valence-electron chi connectivity index (χ0n) is 11.2. The molecule has 0 heterocycles. The molecule has 0 aliphatic carbocycles. The van der Waals surface area contributed by atoms with E-state index < -0.39 is 5.54 Å². The summed E-state index contributed by atoms with van der Waals surface area (Å²) in [6.07, 6.45) is 1.05. The van der Waals surface area contributed by atoms with Gasteiger partial charge in [-0.1, -0.05) is 47.5 Å². The molecule has 2 N–H and O–H groups in total. The van der Waals surface area contributed by atoms with E-state index in [-0.39, 0.29) is 5.82 Å². The molecule has 2 rings (SSSR count). The van der Waals surface area contributed by atoms with Crippen LogP contribution in [0.4, 0.5) is 4.39 Å². The predicted molar refractivity (Wildman–Crippen MR) is 82.9 cm³/mol. The number of hydrogen-bond acceptors (Lipinski definition) is 1. The molecular weight excluding hydrogens is 296 g/mol. The molecule has 1 unspecified atom stereocenters. The van der Waals surface area contributed by atoms with Gasteiger partial charge in [0.05, 0.1) is 10.0 Å². The van der Waals surface area contributed by atoms with E-state index in [1.807, 2.05) is 19.1 Å². The van der Waals surface area contributed by atoms with E-state index in [2.05, 4.69) is 0 Å². The van der Waals surface area contributed by atoms with Crippen LogP contribution in [0, 0.1) is 5.82 Å². The fourth-order valence-corrected chi connectivity index (χ4v) is 2.58. The molecule has 4 heteroatoms. The van der Waals surface area contributed by atoms with Gasteiger partial charge < -0.3 is 5.73 Å². The maximum Gasteiger partial charge on any atom is 0.126 e. The van der Waals surface area contributed by atoms with Gasteiger partial charge in [0.1, 0.15) is 5.82 Å². The Morgan fingerprint density at radius 1 is 1.05 bits per heavy atom. The highest BCUT2D eigenvalue weighted by Gasteiger charge is 2.21. The summed E-state index contributed by atoms with van der Waals surface area (Å²) in [6, 6.07) is 12.1. The van der Waals surface area contributed by atoms with Gasteiger partial charge in [-0.05, 0) is 49.1 Å². The Morgan fingerprint density at radius 2 is 1.75 bits per heavy atom. The van der Waals surface area contributed by atoms with Crippen molar-refractivity contribution in [2.45, 2.75) is 25.3 Å². The molecule has 0 bridgehead atoms. The van der Waals surface area contributed by atoms with Crippen LogP contribution in [0.25, 0.3) is 0 Å². The van der Waals surface area contributed by atoms with Crippen molar-refractivity contribution in [2.75, 3.05) is 0 Å². The van der Waals surface area contributed by atoms with Crippen molar-refractivity contribution in [1.82, 2.24) is 0 Å². The average molecular weight is 312 g/mol. The summed E-state index contributed by atoms with van der Waals surface area (Å²) in [4.78, 5) is 0. The highest BCUT2D eigenvalue weighted by atomic mass is 35.5. The lowest BCUT2D eigenvalue weighted by atomic mass is 9.87. The first-order valence-corrected chi connectivity index (χ1v) is 7.09. The van der Waals surface area contributed by atoms with Crippen LogP contribution in [0.3, 0.4) is 0 Å². The van der Waals surface area contributed by atoms with Gasteiger partial charge in [-0.15, -0.1) is 0 Å². The van der Waals surface area contributed by atoms with Crippen LogP contribution in [0.5, 0.6) is 0 Å². The van der Waals surface area contributed by atoms with Crippen molar-refractivity contribution in [1.29, 1.82) is 0 Å². The summed E-state index contributed by atoms with van der Waals surface area (Å²) < 4.78 is 13.7. The van der Waals surface area contributed by atoms with E-state index in [0.717, 1.165) is 5.56 Å². The van der Waals surface area contributed by atoms with Crippen molar-refractivity contribution in [3.63, 3.8) is 0 Å². The summed E-state index contributed by atoms with van der Waals surface area (Å²) in [5, 5.41) is 1.02. The Morgan fingerprint density at radius 3 is 2.40 bits per heavy atom. The monoisotopic (exact) mass is 311 g/mol. The average Bonchev–Trinajstić information content (AvgIpc) is 2.36. The molecule has 106 valence electrons. The van der Waals surface area contributed by atoms with Crippen LogP contribution in [-0.2, 0) is 12.8 Å². The van der Waals surface area contributed by atoms with Crippen LogP contribution >= 0.6 is 23.2 Å². The summed E-state index contributed by atoms with van der Waals surface area (Å²) >= 11 is 11.9. The predicted octanol–water partition coefficient (Wildman–Crippen LogP) is 4.64. The zero-order chi connectivity index (χ0) is 14.8. The van der Waals surface area contributed by atoms with E-state index in [0.29, 0.717) is 28.5 Å². The third-order valence-electron chi connectivity index (χ3n) is 3.14. The fourth-order valence-electron chi connectivity index (χ4n) is 2.26. The minimum absolute atomic E-state index is 0.224. The highest BCUT2D eigenvalue weighted by molar-refractivity contribution is 6.42. The van der Waals surface area contributed by atoms with E-state index in [9.17, 15) is 4.39 Å². The van der Waals surface area contributed by atoms with Gasteiger partial charge in [-0.25, -0.2) is 4.39 Å². The number of hydrogen-bond donors (Lipinski definition) is 1. The molecule has 0 saturated heterocycles. The minimum atomic E-state index is -0.556. The second kappa shape index (κ2) is 6.13. The molecule has 2 aromatic carbocycles. The molecule has 20 heavy (non-hydrogen) atoms. The van der Waals surface area contributed by atoms with Gasteiger partial charge in [0.2, 0.25) is 0 Å². The normalized spacial score (nSPS) is 14.1. The van der Waals surface area contributed by atoms with Gasteiger partial charge in [0.25, 0.3) is 0 Å². The van der Waals surface area contributed by atoms with Crippen molar-refractivity contribution in [3.05, 3.63) is 69.5 Å². The summed E-state index contributed by atoms with van der Waals surface area (Å²) in [5.41, 5.74) is 7.35. The van der Waals surface area contributed by atoms with E-state index in [1.54, 1.807) is 24.3 Å². The van der Waals surface area contributed by atoms with Gasteiger partial charge in [0, 0.05) is 5.54 Å². The van der Waals surface area contributed by atoms with Gasteiger partial charge in [-0.3, -0.25) is 0 Å². The van der Waals surface area contributed by atoms with E-state index in [4.69, 9.17) is 28.9 Å². The van der Waals surface area contributed by atoms with Crippen molar-refractivity contribution < 1.29 is 4.39 Å². The standard InChI is InChI=1S/C16H16Cl2FN/c1-16(20,10-12-4-2-3-5-15(12)19)9-11-6-7-13(17)14(18)8-11/h2-8H,9-10,20H2,1H3. The third kappa shape index (κ3) is 3.95. The smallest absolute Gasteiger partial charge is 0.126 e. The van der Waals surface area contributed by atoms with Crippen LogP contribution in [0.1, 0.15) is 18.1 Å². The number of halogens is 3. The Balaban J connectivity index is 2.14. The van der Waals surface area contributed by atoms with Gasteiger partial charge in [0.15, 0.2) is 0 Å². The Bertz CT molecular complexity index is 611. The molecule has 0 amide bonds. The zero-order valence-corrected chi connectivity index (χ0v) is 12.7. The molecule has 0 radical (unpaired) electrons. The first-order chi connectivity index (χ1) is 9.37. The second-order valence-electron chi connectivity index (χ2n) is 5.35. The minimum Gasteiger partial charge on any atom is -0.325 e. The van der Waals surface area contributed by atoms with E-state index in [1.165, 1.54) is 6.07 Å². The molecule has 1 atom stereocenters. The summed E-state index contributed by atoms with van der Waals surface area (Å²) in [7, 11) is 0. The number of benzene rings is 2. The molecule has 0 spiro atoms. The molecule has 0 aliphatic heterocycles. The highest BCUT2D eigenvalue weighted by Crippen LogP contribution is 2.25. The Kier molecular flexibility index (Phi) is 4.69. The molecule has 0 saturated carbocycles. The fraction of sp³-hybridized carbons (Fsp3) is 0.250. The first-order valence-electron chi connectivity index (χ1n) is 6.34. The molecule has 0 aliphatic rings. The van der Waals surface area contributed by atoms with Crippen LogP contribution in [-0.4, -0.2) is 5.54 Å². The Hall–Kier alpha value is -1.09. The maximum atomic E-state index is 13.7. The lowest BCUT2D eigenvalue weighted by Gasteiger charge is -2.25. The van der Waals surface area contributed by atoms with Crippen LogP contribution < -0.4 is 5.73 Å². The lowest BCUT2D eigenvalue weighted by Crippen LogP contribution is -2.41. The van der Waals surface area contributed by atoms with Crippen LogP contribution in [0.15, 0.2) is 42.5 Å². The van der Waals surface area contributed by atoms with Gasteiger partial charge >= 0.3 is 0 Å².